The fourth-order valence-electron chi connectivity index (χ4n) is 1.83. The van der Waals surface area contributed by atoms with Gasteiger partial charge in [0.2, 0.25) is 10.0 Å². The molecule has 0 radical (unpaired) electrons. The zero-order valence-corrected chi connectivity index (χ0v) is 14.2. The smallest absolute Gasteiger partial charge is 0.252 e. The predicted octanol–water partition coefficient (Wildman–Crippen LogP) is 1.90. The van der Waals surface area contributed by atoms with Gasteiger partial charge in [0.1, 0.15) is 0 Å². The van der Waals surface area contributed by atoms with Gasteiger partial charge in [0.25, 0.3) is 5.91 Å². The van der Waals surface area contributed by atoms with E-state index >= 15 is 0 Å². The Bertz CT molecular complexity index is 887. The van der Waals surface area contributed by atoms with Crippen LogP contribution in [0.5, 0.6) is 0 Å². The molecule has 0 heterocycles. The summed E-state index contributed by atoms with van der Waals surface area (Å²) in [6.07, 6.45) is 0. The first kappa shape index (κ1) is 17.1. The van der Waals surface area contributed by atoms with Gasteiger partial charge in [-0.15, -0.1) is 0 Å². The Labute approximate surface area is 142 Å². The molecule has 0 saturated carbocycles. The van der Waals surface area contributed by atoms with Crippen molar-refractivity contribution in [1.29, 1.82) is 5.26 Å². The third-order valence-electron chi connectivity index (χ3n) is 3.05. The fraction of sp³-hybridized carbons (Fsp3) is 0.0667. The van der Waals surface area contributed by atoms with E-state index < -0.39 is 15.9 Å². The van der Waals surface area contributed by atoms with Crippen LogP contribution >= 0.6 is 15.9 Å². The number of sulfonamides is 1. The number of benzene rings is 2. The van der Waals surface area contributed by atoms with Gasteiger partial charge >= 0.3 is 0 Å². The van der Waals surface area contributed by atoms with E-state index in [-0.39, 0.29) is 17.0 Å². The number of amides is 1. The van der Waals surface area contributed by atoms with Gasteiger partial charge in [0.05, 0.1) is 22.1 Å². The summed E-state index contributed by atoms with van der Waals surface area (Å²) in [5.41, 5.74) is 1.52. The summed E-state index contributed by atoms with van der Waals surface area (Å²) in [7, 11) is -3.88. The molecule has 2 aromatic carbocycles. The van der Waals surface area contributed by atoms with E-state index in [2.05, 4.69) is 21.2 Å². The maximum atomic E-state index is 12.2. The van der Waals surface area contributed by atoms with Crippen LogP contribution in [0.1, 0.15) is 21.5 Å². The molecule has 0 aliphatic rings. The number of rotatable bonds is 4. The van der Waals surface area contributed by atoms with Crippen molar-refractivity contribution < 1.29 is 13.2 Å². The highest BCUT2D eigenvalue weighted by Gasteiger charge is 2.15. The molecule has 23 heavy (non-hydrogen) atoms. The van der Waals surface area contributed by atoms with Crippen LogP contribution in [0, 0.1) is 11.3 Å². The topological polar surface area (TPSA) is 113 Å². The minimum absolute atomic E-state index is 0.135. The van der Waals surface area contributed by atoms with Crippen molar-refractivity contribution in [2.24, 2.45) is 5.14 Å². The third-order valence-corrected chi connectivity index (χ3v) is 4.65. The molecular weight excluding hydrogens is 382 g/mol. The second-order valence-corrected chi connectivity index (χ2v) is 7.09. The van der Waals surface area contributed by atoms with Crippen LogP contribution in [0.2, 0.25) is 0 Å². The SMILES string of the molecule is N#Cc1ccc(CNC(=O)c2cc(S(N)(=O)=O)ccc2Br)cc1. The number of nitrogens with zero attached hydrogens (tertiary/aromatic N) is 1. The number of nitriles is 1. The second-order valence-electron chi connectivity index (χ2n) is 4.68. The van der Waals surface area contributed by atoms with E-state index in [1.54, 1.807) is 24.3 Å². The summed E-state index contributed by atoms with van der Waals surface area (Å²) in [5, 5.41) is 16.5. The minimum atomic E-state index is -3.88. The van der Waals surface area contributed by atoms with Crippen molar-refractivity contribution >= 4 is 31.9 Å². The third kappa shape index (κ3) is 4.39. The van der Waals surface area contributed by atoms with Gasteiger partial charge < -0.3 is 5.32 Å². The standard InChI is InChI=1S/C15H12BrN3O3S/c16-14-6-5-12(23(18,21)22)7-13(14)15(20)19-9-11-3-1-10(8-17)2-4-11/h1-7H,9H2,(H,19,20)(H2,18,21,22). The molecule has 6 nitrogen and oxygen atoms in total. The van der Waals surface area contributed by atoms with Crippen molar-refractivity contribution in [2.75, 3.05) is 0 Å². The van der Waals surface area contributed by atoms with Crippen molar-refractivity contribution in [3.8, 4) is 6.07 Å². The summed E-state index contributed by atoms with van der Waals surface area (Å²) >= 11 is 3.21. The summed E-state index contributed by atoms with van der Waals surface area (Å²) in [6.45, 7) is 0.247. The van der Waals surface area contributed by atoms with Crippen LogP contribution < -0.4 is 10.5 Å². The molecule has 2 aromatic rings. The van der Waals surface area contributed by atoms with E-state index in [0.29, 0.717) is 10.0 Å². The van der Waals surface area contributed by atoms with Crippen molar-refractivity contribution in [3.63, 3.8) is 0 Å². The molecule has 0 unspecified atom stereocenters. The molecule has 0 aromatic heterocycles. The Hall–Kier alpha value is -2.21. The average molecular weight is 394 g/mol. The van der Waals surface area contributed by atoms with E-state index in [1.165, 1.54) is 18.2 Å². The largest absolute Gasteiger partial charge is 0.348 e. The average Bonchev–Trinajstić information content (AvgIpc) is 2.52. The van der Waals surface area contributed by atoms with E-state index in [0.717, 1.165) is 5.56 Å². The summed E-state index contributed by atoms with van der Waals surface area (Å²) in [4.78, 5) is 12.1. The molecule has 1 amide bonds. The van der Waals surface area contributed by atoms with Crippen LogP contribution in [0.4, 0.5) is 0 Å². The molecule has 8 heteroatoms. The maximum absolute atomic E-state index is 12.2. The quantitative estimate of drug-likeness (QED) is 0.825. The maximum Gasteiger partial charge on any atom is 0.252 e. The molecule has 0 saturated heterocycles. The van der Waals surface area contributed by atoms with Crippen LogP contribution in [0.25, 0.3) is 0 Å². The van der Waals surface area contributed by atoms with Crippen molar-refractivity contribution in [1.82, 2.24) is 5.32 Å². The molecule has 118 valence electrons. The van der Waals surface area contributed by atoms with Crippen molar-refractivity contribution in [3.05, 3.63) is 63.6 Å². The highest BCUT2D eigenvalue weighted by molar-refractivity contribution is 9.10. The van der Waals surface area contributed by atoms with Crippen molar-refractivity contribution in [2.45, 2.75) is 11.4 Å². The number of carbonyl (C=O) groups excluding carboxylic acids is 1. The van der Waals surface area contributed by atoms with Gasteiger partial charge in [-0.2, -0.15) is 5.26 Å². The zero-order chi connectivity index (χ0) is 17.0. The normalized spacial score (nSPS) is 10.8. The molecule has 0 fully saturated rings. The molecule has 0 aliphatic carbocycles. The Morgan fingerprint density at radius 3 is 2.43 bits per heavy atom. The van der Waals surface area contributed by atoms with Crippen LogP contribution in [0.15, 0.2) is 51.8 Å². The minimum Gasteiger partial charge on any atom is -0.348 e. The second kappa shape index (κ2) is 6.91. The summed E-state index contributed by atoms with van der Waals surface area (Å²) in [6, 6.07) is 12.8. The fourth-order valence-corrected chi connectivity index (χ4v) is 2.80. The Balaban J connectivity index is 2.15. The first-order valence-corrected chi connectivity index (χ1v) is 8.75. The van der Waals surface area contributed by atoms with Gasteiger partial charge in [0, 0.05) is 11.0 Å². The van der Waals surface area contributed by atoms with Crippen LogP contribution in [-0.2, 0) is 16.6 Å². The Morgan fingerprint density at radius 1 is 1.22 bits per heavy atom. The Kier molecular flexibility index (Phi) is 5.15. The number of carbonyl (C=O) groups is 1. The first-order chi connectivity index (χ1) is 10.8. The molecule has 0 spiro atoms. The number of hydrogen-bond acceptors (Lipinski definition) is 4. The van der Waals surface area contributed by atoms with Gasteiger partial charge in [-0.3, -0.25) is 4.79 Å². The lowest BCUT2D eigenvalue weighted by molar-refractivity contribution is 0.0950. The summed E-state index contributed by atoms with van der Waals surface area (Å²) in [5.74, 6) is -0.438. The van der Waals surface area contributed by atoms with Gasteiger partial charge in [-0.05, 0) is 51.8 Å². The lowest BCUT2D eigenvalue weighted by Gasteiger charge is -2.08. The number of primary sulfonamides is 1. The first-order valence-electron chi connectivity index (χ1n) is 6.41. The monoisotopic (exact) mass is 393 g/mol. The zero-order valence-electron chi connectivity index (χ0n) is 11.8. The Morgan fingerprint density at radius 2 is 1.87 bits per heavy atom. The molecule has 0 aliphatic heterocycles. The van der Waals surface area contributed by atoms with Gasteiger partial charge in [-0.1, -0.05) is 12.1 Å². The van der Waals surface area contributed by atoms with Gasteiger partial charge in [-0.25, -0.2) is 13.6 Å². The molecule has 3 N–H and O–H groups in total. The van der Waals surface area contributed by atoms with Gasteiger partial charge in [0.15, 0.2) is 0 Å². The highest BCUT2D eigenvalue weighted by Crippen LogP contribution is 2.20. The summed E-state index contributed by atoms with van der Waals surface area (Å²) < 4.78 is 23.2. The van der Waals surface area contributed by atoms with E-state index in [4.69, 9.17) is 10.4 Å². The van der Waals surface area contributed by atoms with Crippen LogP contribution in [0.3, 0.4) is 0 Å². The number of halogens is 1. The van der Waals surface area contributed by atoms with Crippen LogP contribution in [-0.4, -0.2) is 14.3 Å². The lowest BCUT2D eigenvalue weighted by Crippen LogP contribution is -2.24. The van der Waals surface area contributed by atoms with E-state index in [9.17, 15) is 13.2 Å². The number of nitrogens with two attached hydrogens (primary N) is 1. The molecule has 2 rings (SSSR count). The lowest BCUT2D eigenvalue weighted by atomic mass is 10.1. The molecular formula is C15H12BrN3O3S. The number of hydrogen-bond donors (Lipinski definition) is 2. The number of nitrogens with one attached hydrogen (secondary N) is 1. The predicted molar refractivity (Wildman–Crippen MR) is 87.8 cm³/mol. The van der Waals surface area contributed by atoms with E-state index in [1.807, 2.05) is 6.07 Å². The molecule has 0 bridgehead atoms. The highest BCUT2D eigenvalue weighted by atomic mass is 79.9. The molecule has 0 atom stereocenters.